The Hall–Kier alpha value is -1.73. The predicted molar refractivity (Wildman–Crippen MR) is 106 cm³/mol. The fourth-order valence-corrected chi connectivity index (χ4v) is 4.13. The topological polar surface area (TPSA) is 85.8 Å². The zero-order valence-corrected chi connectivity index (χ0v) is 16.6. The molecule has 2 aromatic rings. The molecular formula is C18H24ClN5OS. The Kier molecular flexibility index (Phi) is 6.09. The number of halogens is 1. The van der Waals surface area contributed by atoms with Crippen LogP contribution < -0.4 is 11.2 Å². The summed E-state index contributed by atoms with van der Waals surface area (Å²) in [6, 6.07) is 5.43. The van der Waals surface area contributed by atoms with Gasteiger partial charge in [0.2, 0.25) is 11.1 Å². The van der Waals surface area contributed by atoms with Crippen LogP contribution in [0.25, 0.3) is 0 Å². The number of thioether (sulfide) groups is 1. The van der Waals surface area contributed by atoms with Crippen molar-refractivity contribution in [1.29, 1.82) is 0 Å². The van der Waals surface area contributed by atoms with Gasteiger partial charge in [-0.3, -0.25) is 4.79 Å². The van der Waals surface area contributed by atoms with Gasteiger partial charge in [0.05, 0.1) is 5.25 Å². The van der Waals surface area contributed by atoms with Crippen molar-refractivity contribution in [3.8, 4) is 0 Å². The molecule has 1 aliphatic carbocycles. The number of rotatable bonds is 5. The van der Waals surface area contributed by atoms with Crippen LogP contribution in [-0.2, 0) is 4.79 Å². The number of nitrogens with one attached hydrogen (secondary N) is 1. The van der Waals surface area contributed by atoms with Crippen molar-refractivity contribution in [2.75, 3.05) is 11.2 Å². The third-order valence-electron chi connectivity index (χ3n) is 4.77. The normalized spacial score (nSPS) is 16.4. The molecule has 8 heteroatoms. The van der Waals surface area contributed by atoms with Gasteiger partial charge in [0, 0.05) is 16.6 Å². The van der Waals surface area contributed by atoms with Gasteiger partial charge in [0.1, 0.15) is 0 Å². The molecule has 3 N–H and O–H groups in total. The van der Waals surface area contributed by atoms with Crippen LogP contribution in [0.4, 0.5) is 5.69 Å². The molecule has 1 fully saturated rings. The van der Waals surface area contributed by atoms with E-state index in [2.05, 4.69) is 15.5 Å². The zero-order chi connectivity index (χ0) is 18.7. The molecule has 6 nitrogen and oxygen atoms in total. The summed E-state index contributed by atoms with van der Waals surface area (Å²) in [6.07, 6.45) is 5.89. The van der Waals surface area contributed by atoms with E-state index in [-0.39, 0.29) is 11.2 Å². The maximum atomic E-state index is 12.5. The molecule has 3 rings (SSSR count). The number of aryl methyl sites for hydroxylation is 1. The van der Waals surface area contributed by atoms with E-state index in [1.54, 1.807) is 16.8 Å². The first-order chi connectivity index (χ1) is 12.5. The summed E-state index contributed by atoms with van der Waals surface area (Å²) < 4.78 is 1.55. The number of hydrogen-bond acceptors (Lipinski definition) is 5. The summed E-state index contributed by atoms with van der Waals surface area (Å²) in [5.74, 6) is 7.27. The van der Waals surface area contributed by atoms with Crippen molar-refractivity contribution in [3.05, 3.63) is 34.6 Å². The number of benzene rings is 1. The first kappa shape index (κ1) is 19.0. The lowest BCUT2D eigenvalue weighted by Gasteiger charge is -2.20. The summed E-state index contributed by atoms with van der Waals surface area (Å²) in [5.41, 5.74) is 1.67. The summed E-state index contributed by atoms with van der Waals surface area (Å²) in [5, 5.41) is 12.2. The Labute approximate surface area is 162 Å². The van der Waals surface area contributed by atoms with Gasteiger partial charge in [0.15, 0.2) is 5.82 Å². The second kappa shape index (κ2) is 8.31. The zero-order valence-electron chi connectivity index (χ0n) is 15.0. The van der Waals surface area contributed by atoms with Gasteiger partial charge in [-0.05, 0) is 44.4 Å². The minimum Gasteiger partial charge on any atom is -0.336 e. The van der Waals surface area contributed by atoms with E-state index in [9.17, 15) is 4.79 Å². The highest BCUT2D eigenvalue weighted by Gasteiger charge is 2.25. The van der Waals surface area contributed by atoms with Gasteiger partial charge in [0.25, 0.3) is 0 Å². The molecule has 0 spiro atoms. The number of nitrogen functional groups attached to an aromatic ring is 1. The predicted octanol–water partition coefficient (Wildman–Crippen LogP) is 4.12. The Morgan fingerprint density at radius 2 is 2.08 bits per heavy atom. The molecule has 26 heavy (non-hydrogen) atoms. The Balaban J connectivity index is 1.65. The molecule has 0 radical (unpaired) electrons. The third kappa shape index (κ3) is 4.32. The second-order valence-electron chi connectivity index (χ2n) is 6.75. The average molecular weight is 394 g/mol. The molecule has 0 saturated heterocycles. The van der Waals surface area contributed by atoms with Crippen molar-refractivity contribution >= 4 is 35.0 Å². The van der Waals surface area contributed by atoms with E-state index in [0.717, 1.165) is 24.2 Å². The third-order valence-corrected chi connectivity index (χ3v) is 6.06. The lowest BCUT2D eigenvalue weighted by Crippen LogP contribution is -2.24. The van der Waals surface area contributed by atoms with E-state index in [4.69, 9.17) is 17.4 Å². The van der Waals surface area contributed by atoms with Crippen molar-refractivity contribution < 1.29 is 4.79 Å². The van der Waals surface area contributed by atoms with E-state index in [0.29, 0.717) is 21.8 Å². The van der Waals surface area contributed by atoms with Gasteiger partial charge >= 0.3 is 0 Å². The molecule has 1 aromatic carbocycles. The van der Waals surface area contributed by atoms with Crippen LogP contribution in [0.15, 0.2) is 23.4 Å². The number of anilines is 1. The van der Waals surface area contributed by atoms with Crippen LogP contribution in [-0.4, -0.2) is 26.0 Å². The van der Waals surface area contributed by atoms with Gasteiger partial charge in [-0.2, -0.15) is 0 Å². The van der Waals surface area contributed by atoms with Crippen molar-refractivity contribution in [2.24, 2.45) is 0 Å². The number of nitrogens with zero attached hydrogens (tertiary/aromatic N) is 3. The van der Waals surface area contributed by atoms with E-state index in [1.807, 2.05) is 19.9 Å². The second-order valence-corrected chi connectivity index (χ2v) is 8.50. The van der Waals surface area contributed by atoms with Crippen LogP contribution in [0.3, 0.4) is 0 Å². The Morgan fingerprint density at radius 1 is 1.35 bits per heavy atom. The molecule has 1 saturated carbocycles. The van der Waals surface area contributed by atoms with Crippen LogP contribution in [0.2, 0.25) is 5.02 Å². The van der Waals surface area contributed by atoms with Gasteiger partial charge < -0.3 is 11.2 Å². The first-order valence-electron chi connectivity index (χ1n) is 8.89. The lowest BCUT2D eigenvalue weighted by atomic mass is 9.89. The van der Waals surface area contributed by atoms with Gasteiger partial charge in [-0.15, -0.1) is 10.2 Å². The van der Waals surface area contributed by atoms with Crippen LogP contribution in [0.1, 0.15) is 56.3 Å². The maximum Gasteiger partial charge on any atom is 0.237 e. The standard InChI is InChI=1S/C18H24ClN5OS/c1-11-8-9-14(19)10-15(11)21-17(25)12(2)26-18-23-22-16(24(18)20)13-6-4-3-5-7-13/h8-10,12-13H,3-7,20H2,1-2H3,(H,21,25)/t12-/m1/s1. The molecule has 0 aliphatic heterocycles. The number of carbonyl (C=O) groups excluding carboxylic acids is 1. The van der Waals surface area contributed by atoms with Crippen LogP contribution >= 0.6 is 23.4 Å². The Bertz CT molecular complexity index is 788. The summed E-state index contributed by atoms with van der Waals surface area (Å²) in [7, 11) is 0. The molecule has 1 heterocycles. The van der Waals surface area contributed by atoms with Crippen molar-refractivity contribution in [1.82, 2.24) is 14.9 Å². The summed E-state index contributed by atoms with van der Waals surface area (Å²) in [4.78, 5) is 12.5. The fraction of sp³-hybridized carbons (Fsp3) is 0.500. The lowest BCUT2D eigenvalue weighted by molar-refractivity contribution is -0.115. The number of hydrogen-bond donors (Lipinski definition) is 2. The summed E-state index contributed by atoms with van der Waals surface area (Å²) in [6.45, 7) is 3.76. The highest BCUT2D eigenvalue weighted by Crippen LogP contribution is 2.33. The molecule has 1 aromatic heterocycles. The smallest absolute Gasteiger partial charge is 0.237 e. The van der Waals surface area contributed by atoms with Crippen molar-refractivity contribution in [3.63, 3.8) is 0 Å². The van der Waals surface area contributed by atoms with Gasteiger partial charge in [-0.25, -0.2) is 4.68 Å². The number of carbonyl (C=O) groups is 1. The minimum absolute atomic E-state index is 0.123. The highest BCUT2D eigenvalue weighted by atomic mass is 35.5. The fourth-order valence-electron chi connectivity index (χ4n) is 3.18. The van der Waals surface area contributed by atoms with E-state index < -0.39 is 0 Å². The molecule has 1 amide bonds. The number of amides is 1. The van der Waals surface area contributed by atoms with Crippen LogP contribution in [0, 0.1) is 6.92 Å². The number of nitrogens with two attached hydrogens (primary N) is 1. The highest BCUT2D eigenvalue weighted by molar-refractivity contribution is 8.00. The molecule has 1 atom stereocenters. The Morgan fingerprint density at radius 3 is 2.81 bits per heavy atom. The van der Waals surface area contributed by atoms with Gasteiger partial charge in [-0.1, -0.05) is 48.7 Å². The first-order valence-corrected chi connectivity index (χ1v) is 10.2. The van der Waals surface area contributed by atoms with Crippen molar-refractivity contribution in [2.45, 2.75) is 62.3 Å². The largest absolute Gasteiger partial charge is 0.336 e. The van der Waals surface area contributed by atoms with E-state index >= 15 is 0 Å². The SMILES string of the molecule is Cc1ccc(Cl)cc1NC(=O)[C@@H](C)Sc1nnc(C2CCCCC2)n1N. The molecule has 140 valence electrons. The molecule has 0 unspecified atom stereocenters. The minimum atomic E-state index is -0.362. The molecular weight excluding hydrogens is 370 g/mol. The van der Waals surface area contributed by atoms with Crippen LogP contribution in [0.5, 0.6) is 0 Å². The monoisotopic (exact) mass is 393 g/mol. The summed E-state index contributed by atoms with van der Waals surface area (Å²) >= 11 is 7.32. The number of aromatic nitrogens is 3. The maximum absolute atomic E-state index is 12.5. The van der Waals surface area contributed by atoms with E-state index in [1.165, 1.54) is 31.0 Å². The molecule has 1 aliphatic rings. The molecule has 0 bridgehead atoms. The quantitative estimate of drug-likeness (QED) is 0.589. The average Bonchev–Trinajstić information content (AvgIpc) is 2.99.